The highest BCUT2D eigenvalue weighted by atomic mass is 19.1. The van der Waals surface area contributed by atoms with Gasteiger partial charge in [0, 0.05) is 83.9 Å². The fraction of sp³-hybridized carbons (Fsp3) is 0.488. The van der Waals surface area contributed by atoms with Crippen molar-refractivity contribution in [2.24, 2.45) is 0 Å². The number of piperazine rings is 1. The molecule has 0 unspecified atom stereocenters. The van der Waals surface area contributed by atoms with Crippen molar-refractivity contribution >= 4 is 29.4 Å². The number of aliphatic hydroxyl groups excluding tert-OH is 1. The van der Waals surface area contributed by atoms with Gasteiger partial charge in [-0.2, -0.15) is 4.39 Å². The van der Waals surface area contributed by atoms with E-state index in [1.54, 1.807) is 20.8 Å². The molecule has 0 saturated carbocycles. The first-order chi connectivity index (χ1) is 29.3. The Labute approximate surface area is 353 Å². The van der Waals surface area contributed by atoms with Crippen LogP contribution >= 0.6 is 0 Å². The zero-order valence-corrected chi connectivity index (χ0v) is 34.5. The summed E-state index contributed by atoms with van der Waals surface area (Å²) in [6, 6.07) is 8.45. The van der Waals surface area contributed by atoms with Crippen LogP contribution in [0, 0.1) is 5.82 Å². The van der Waals surface area contributed by atoms with Crippen LogP contribution in [0.2, 0.25) is 0 Å². The Kier molecular flexibility index (Phi) is 12.0. The molecule has 0 spiro atoms. The Bertz CT molecular complexity index is 2270. The molecule has 0 bridgehead atoms. The largest absolute Gasteiger partial charge is 0.508 e. The second-order valence-electron chi connectivity index (χ2n) is 16.8. The second-order valence-corrected chi connectivity index (χ2v) is 16.8. The quantitative estimate of drug-likeness (QED) is 0.155. The Morgan fingerprint density at radius 1 is 0.918 bits per heavy atom. The number of nitrogens with zero attached hydrogens (tertiary/aromatic N) is 9. The van der Waals surface area contributed by atoms with Crippen molar-refractivity contribution in [3.05, 3.63) is 76.4 Å². The molecule has 0 aliphatic carbocycles. The van der Waals surface area contributed by atoms with E-state index >= 15 is 4.39 Å². The molecule has 4 aromatic rings. The number of rotatable bonds is 10. The van der Waals surface area contributed by atoms with Crippen molar-refractivity contribution in [2.45, 2.75) is 70.3 Å². The lowest BCUT2D eigenvalue weighted by molar-refractivity contribution is -0.143. The summed E-state index contributed by atoms with van der Waals surface area (Å²) in [6.45, 7) is 8.62. The van der Waals surface area contributed by atoms with Gasteiger partial charge in [-0.05, 0) is 47.1 Å². The number of amides is 2. The van der Waals surface area contributed by atoms with E-state index in [1.165, 1.54) is 18.5 Å². The molecule has 6 N–H and O–H groups in total. The average molecular weight is 841 g/mol. The smallest absolute Gasteiger partial charge is 0.258 e. The number of hydrogen-bond acceptors (Lipinski definition) is 15. The predicted octanol–water partition coefficient (Wildman–Crippen LogP) is 2.61. The number of nitrogens with two attached hydrogens (primary N) is 1. The third-order valence-corrected chi connectivity index (χ3v) is 12.3. The van der Waals surface area contributed by atoms with Gasteiger partial charge < -0.3 is 50.5 Å². The predicted molar refractivity (Wildman–Crippen MR) is 223 cm³/mol. The standard InChI is InChI=1S/C43H53FN10O7/c1-26(2)32-16-33(35(57)17-34(32)56)41(59)53-22-28-4-3-27(15-29(28)23-53)21-50-9-10-54(31(24-50)25-55)36(58)18-43(60)5-7-51(8-6-43)39-37(44)40(52-11-13-61-14-12-52)49-38(48-39)30-19-46-42(45)47-20-30/h3-4,15-17,19-20,26,31,55-57,60H,5-14,18,21-25H2,1-2H3,(H2,45,46,47)/t31-/m0/s1. The van der Waals surface area contributed by atoms with Crippen LogP contribution in [-0.4, -0.2) is 144 Å². The summed E-state index contributed by atoms with van der Waals surface area (Å²) in [5, 5.41) is 42.9. The van der Waals surface area contributed by atoms with E-state index in [4.69, 9.17) is 10.5 Å². The zero-order chi connectivity index (χ0) is 43.0. The van der Waals surface area contributed by atoms with Crippen LogP contribution in [0.5, 0.6) is 11.5 Å². The van der Waals surface area contributed by atoms with Crippen LogP contribution in [0.3, 0.4) is 0 Å². The summed E-state index contributed by atoms with van der Waals surface area (Å²) < 4.78 is 21.7. The number of phenolic OH excluding ortho intramolecular Hbond substituents is 2. The number of aliphatic hydroxyl groups is 2. The van der Waals surface area contributed by atoms with E-state index in [-0.39, 0.29) is 97.2 Å². The SMILES string of the molecule is CC(C)c1cc(C(=O)N2Cc3ccc(CN4CCN(C(=O)CC5(O)CCN(c6nc(-c7cnc(N)nc7)nc(N7CCOCC7)c6F)CC5)[C@H](CO)C4)cc3C2)c(O)cc1O. The molecule has 0 radical (unpaired) electrons. The zero-order valence-electron chi connectivity index (χ0n) is 34.5. The third kappa shape index (κ3) is 8.89. The molecule has 324 valence electrons. The number of piperidine rings is 1. The highest BCUT2D eigenvalue weighted by Gasteiger charge is 2.40. The number of ether oxygens (including phenoxy) is 1. The van der Waals surface area contributed by atoms with Crippen LogP contribution in [0.25, 0.3) is 11.4 Å². The normalized spacial score (nSPS) is 19.4. The van der Waals surface area contributed by atoms with Crippen molar-refractivity contribution < 1.29 is 39.1 Å². The number of hydrogen-bond donors (Lipinski definition) is 5. The van der Waals surface area contributed by atoms with Crippen LogP contribution < -0.4 is 15.5 Å². The van der Waals surface area contributed by atoms with E-state index < -0.39 is 17.5 Å². The van der Waals surface area contributed by atoms with Gasteiger partial charge in [-0.15, -0.1) is 0 Å². The molecular weight excluding hydrogens is 788 g/mol. The first-order valence-corrected chi connectivity index (χ1v) is 20.8. The number of morpholine rings is 1. The molecule has 3 saturated heterocycles. The van der Waals surface area contributed by atoms with Crippen molar-refractivity contribution in [2.75, 3.05) is 81.2 Å². The molecule has 1 atom stereocenters. The first kappa shape index (κ1) is 42.0. The van der Waals surface area contributed by atoms with Gasteiger partial charge in [0.05, 0.1) is 49.0 Å². The van der Waals surface area contributed by atoms with Gasteiger partial charge in [-0.1, -0.05) is 32.0 Å². The fourth-order valence-corrected chi connectivity index (χ4v) is 8.79. The summed E-state index contributed by atoms with van der Waals surface area (Å²) in [6.07, 6.45) is 3.26. The maximum Gasteiger partial charge on any atom is 0.258 e. The summed E-state index contributed by atoms with van der Waals surface area (Å²) >= 11 is 0. The number of aromatic nitrogens is 4. The molecule has 17 nitrogen and oxygen atoms in total. The summed E-state index contributed by atoms with van der Waals surface area (Å²) in [5.41, 5.74) is 8.66. The average Bonchev–Trinajstić information content (AvgIpc) is 3.68. The molecule has 61 heavy (non-hydrogen) atoms. The van der Waals surface area contributed by atoms with E-state index in [0.29, 0.717) is 76.7 Å². The molecule has 8 rings (SSSR count). The molecule has 2 aromatic heterocycles. The summed E-state index contributed by atoms with van der Waals surface area (Å²) in [7, 11) is 0. The maximum absolute atomic E-state index is 16.2. The lowest BCUT2D eigenvalue weighted by atomic mass is 9.87. The lowest BCUT2D eigenvalue weighted by Crippen LogP contribution is -2.58. The number of carbonyl (C=O) groups excluding carboxylic acids is 2. The van der Waals surface area contributed by atoms with Gasteiger partial charge >= 0.3 is 0 Å². The Morgan fingerprint density at radius 3 is 2.26 bits per heavy atom. The van der Waals surface area contributed by atoms with Gasteiger partial charge in [0.2, 0.25) is 17.7 Å². The highest BCUT2D eigenvalue weighted by Crippen LogP contribution is 2.36. The molecule has 2 aromatic carbocycles. The molecule has 4 aliphatic heterocycles. The summed E-state index contributed by atoms with van der Waals surface area (Å²) in [5.74, 6) is -0.878. The number of aromatic hydroxyl groups is 2. The number of anilines is 3. The number of fused-ring (bicyclic) bond motifs is 1. The Balaban J connectivity index is 0.875. The second kappa shape index (κ2) is 17.4. The number of phenols is 2. The Hall–Kier alpha value is -5.69. The van der Waals surface area contributed by atoms with E-state index in [9.17, 15) is 30.0 Å². The molecule has 6 heterocycles. The van der Waals surface area contributed by atoms with E-state index in [0.717, 1.165) is 16.7 Å². The molecule has 4 aliphatic rings. The Morgan fingerprint density at radius 2 is 1.59 bits per heavy atom. The van der Waals surface area contributed by atoms with Crippen molar-refractivity contribution in [1.29, 1.82) is 0 Å². The first-order valence-electron chi connectivity index (χ1n) is 20.8. The summed E-state index contributed by atoms with van der Waals surface area (Å²) in [4.78, 5) is 53.7. The van der Waals surface area contributed by atoms with E-state index in [2.05, 4.69) is 30.9 Å². The maximum atomic E-state index is 16.2. The van der Waals surface area contributed by atoms with Crippen LogP contribution in [0.15, 0.2) is 42.7 Å². The fourth-order valence-electron chi connectivity index (χ4n) is 8.79. The molecule has 3 fully saturated rings. The van der Waals surface area contributed by atoms with Gasteiger partial charge in [-0.3, -0.25) is 14.5 Å². The van der Waals surface area contributed by atoms with Gasteiger partial charge in [-0.25, -0.2) is 19.9 Å². The lowest BCUT2D eigenvalue weighted by Gasteiger charge is -2.43. The van der Waals surface area contributed by atoms with Crippen LogP contribution in [-0.2, 0) is 29.2 Å². The van der Waals surface area contributed by atoms with Crippen LogP contribution in [0.4, 0.5) is 22.0 Å². The third-order valence-electron chi connectivity index (χ3n) is 12.3. The van der Waals surface area contributed by atoms with Crippen molar-refractivity contribution in [3.63, 3.8) is 0 Å². The van der Waals surface area contributed by atoms with Gasteiger partial charge in [0.15, 0.2) is 17.5 Å². The monoisotopic (exact) mass is 840 g/mol. The topological polar surface area (TPSA) is 218 Å². The van der Waals surface area contributed by atoms with Gasteiger partial charge in [0.1, 0.15) is 11.5 Å². The minimum atomic E-state index is -1.33. The number of nitrogen functional groups attached to an aromatic ring is 1. The van der Waals surface area contributed by atoms with Gasteiger partial charge in [0.25, 0.3) is 5.91 Å². The van der Waals surface area contributed by atoms with Crippen molar-refractivity contribution in [1.82, 2.24) is 34.6 Å². The molecule has 18 heteroatoms. The number of halogens is 1. The molecular formula is C43H53FN10O7. The number of benzene rings is 2. The van der Waals surface area contributed by atoms with Crippen molar-refractivity contribution in [3.8, 4) is 22.9 Å². The minimum absolute atomic E-state index is 0.0280. The van der Waals surface area contributed by atoms with E-state index in [1.807, 2.05) is 30.9 Å². The highest BCUT2D eigenvalue weighted by molar-refractivity contribution is 5.97. The minimum Gasteiger partial charge on any atom is -0.508 e. The van der Waals surface area contributed by atoms with Crippen LogP contribution in [0.1, 0.15) is 71.6 Å². The molecule has 2 amide bonds. The number of carbonyl (C=O) groups is 2.